The molecule has 4 heteroatoms. The number of imidazole rings is 1. The number of esters is 1. The van der Waals surface area contributed by atoms with Gasteiger partial charge in [0.2, 0.25) is 0 Å². The molecular formula is C16H14N2O2. The van der Waals surface area contributed by atoms with Gasteiger partial charge in [-0.3, -0.25) is 0 Å². The molecule has 4 nitrogen and oxygen atoms in total. The molecule has 0 spiro atoms. The predicted octanol–water partition coefficient (Wildman–Crippen LogP) is 3.20. The highest BCUT2D eigenvalue weighted by Gasteiger charge is 2.19. The van der Waals surface area contributed by atoms with Crippen LogP contribution >= 0.6 is 0 Å². The number of aromatic nitrogens is 2. The van der Waals surface area contributed by atoms with E-state index in [0.29, 0.717) is 5.75 Å². The average Bonchev–Trinajstić information content (AvgIpc) is 2.91. The molecule has 1 atom stereocenters. The maximum absolute atomic E-state index is 12.2. The molecule has 0 aliphatic rings. The van der Waals surface area contributed by atoms with Crippen molar-refractivity contribution in [3.63, 3.8) is 0 Å². The number of hydrogen-bond acceptors (Lipinski definition) is 3. The first-order valence-corrected chi connectivity index (χ1v) is 6.44. The van der Waals surface area contributed by atoms with Crippen LogP contribution in [0.15, 0.2) is 60.9 Å². The summed E-state index contributed by atoms with van der Waals surface area (Å²) in [7, 11) is 0. The minimum absolute atomic E-state index is 0.306. The zero-order valence-electron chi connectivity index (χ0n) is 11.1. The van der Waals surface area contributed by atoms with Gasteiger partial charge in [-0.2, -0.15) is 0 Å². The van der Waals surface area contributed by atoms with Crippen LogP contribution in [0.1, 0.15) is 13.0 Å². The Kier molecular flexibility index (Phi) is 3.21. The first-order chi connectivity index (χ1) is 9.75. The summed E-state index contributed by atoms with van der Waals surface area (Å²) in [5.41, 5.74) is 1.79. The van der Waals surface area contributed by atoms with E-state index in [9.17, 15) is 4.79 Å². The lowest BCUT2D eigenvalue weighted by atomic mass is 10.3. The van der Waals surface area contributed by atoms with Crippen molar-refractivity contribution in [3.8, 4) is 5.75 Å². The van der Waals surface area contributed by atoms with Gasteiger partial charge >= 0.3 is 5.97 Å². The average molecular weight is 266 g/mol. The molecule has 0 aliphatic heterocycles. The van der Waals surface area contributed by atoms with Crippen LogP contribution in [0, 0.1) is 0 Å². The number of hydrogen-bond donors (Lipinski definition) is 0. The van der Waals surface area contributed by atoms with Gasteiger partial charge in [0.1, 0.15) is 11.8 Å². The summed E-state index contributed by atoms with van der Waals surface area (Å²) in [6, 6.07) is 16.3. The molecule has 0 bridgehead atoms. The van der Waals surface area contributed by atoms with Crippen LogP contribution in [0.2, 0.25) is 0 Å². The van der Waals surface area contributed by atoms with Crippen LogP contribution in [-0.4, -0.2) is 15.5 Å². The first-order valence-electron chi connectivity index (χ1n) is 6.44. The lowest BCUT2D eigenvalue weighted by Gasteiger charge is -2.13. The highest BCUT2D eigenvalue weighted by molar-refractivity contribution is 5.81. The molecule has 100 valence electrons. The highest BCUT2D eigenvalue weighted by Crippen LogP contribution is 2.19. The SMILES string of the molecule is CC(C(=O)Oc1ccccc1)n1cnc2ccccc21. The molecule has 0 fully saturated rings. The van der Waals surface area contributed by atoms with E-state index in [-0.39, 0.29) is 5.97 Å². The van der Waals surface area contributed by atoms with Crippen LogP contribution < -0.4 is 4.74 Å². The Morgan fingerprint density at radius 3 is 2.60 bits per heavy atom. The van der Waals surface area contributed by atoms with Gasteiger partial charge in [-0.15, -0.1) is 0 Å². The Balaban J connectivity index is 1.85. The highest BCUT2D eigenvalue weighted by atomic mass is 16.5. The second-order valence-corrected chi connectivity index (χ2v) is 4.55. The summed E-state index contributed by atoms with van der Waals surface area (Å²) in [6.07, 6.45) is 1.67. The van der Waals surface area contributed by atoms with Crippen LogP contribution in [0.3, 0.4) is 0 Å². The van der Waals surface area contributed by atoms with Crippen molar-refractivity contribution < 1.29 is 9.53 Å². The van der Waals surface area contributed by atoms with Gasteiger partial charge in [-0.05, 0) is 31.2 Å². The second-order valence-electron chi connectivity index (χ2n) is 4.55. The van der Waals surface area contributed by atoms with Crippen molar-refractivity contribution in [2.24, 2.45) is 0 Å². The number of benzene rings is 2. The summed E-state index contributed by atoms with van der Waals surface area (Å²) in [6.45, 7) is 1.80. The zero-order chi connectivity index (χ0) is 13.9. The molecule has 0 aliphatic carbocycles. The maximum Gasteiger partial charge on any atom is 0.334 e. The molecule has 1 unspecified atom stereocenters. The van der Waals surface area contributed by atoms with Crippen molar-refractivity contribution in [1.82, 2.24) is 9.55 Å². The normalized spacial score (nSPS) is 12.2. The molecule has 0 amide bonds. The van der Waals surface area contributed by atoms with E-state index in [4.69, 9.17) is 4.74 Å². The summed E-state index contributed by atoms with van der Waals surface area (Å²) < 4.78 is 7.18. The smallest absolute Gasteiger partial charge is 0.334 e. The molecule has 1 aromatic heterocycles. The molecule has 0 saturated heterocycles. The van der Waals surface area contributed by atoms with E-state index in [1.807, 2.05) is 47.0 Å². The van der Waals surface area contributed by atoms with E-state index >= 15 is 0 Å². The maximum atomic E-state index is 12.2. The number of ether oxygens (including phenoxy) is 1. The standard InChI is InChI=1S/C16H14N2O2/c1-12(16(19)20-13-7-3-2-4-8-13)18-11-17-14-9-5-6-10-15(14)18/h2-12H,1H3. The first kappa shape index (κ1) is 12.4. The van der Waals surface area contributed by atoms with Gasteiger partial charge in [0, 0.05) is 0 Å². The topological polar surface area (TPSA) is 44.1 Å². The second kappa shape index (κ2) is 5.17. The van der Waals surface area contributed by atoms with E-state index < -0.39 is 6.04 Å². The van der Waals surface area contributed by atoms with E-state index in [2.05, 4.69) is 4.98 Å². The van der Waals surface area contributed by atoms with Crippen molar-refractivity contribution in [1.29, 1.82) is 0 Å². The molecule has 0 radical (unpaired) electrons. The number of carbonyl (C=O) groups is 1. The molecule has 0 saturated carbocycles. The molecule has 20 heavy (non-hydrogen) atoms. The van der Waals surface area contributed by atoms with Crippen molar-refractivity contribution >= 4 is 17.0 Å². The number of para-hydroxylation sites is 3. The van der Waals surface area contributed by atoms with Gasteiger partial charge < -0.3 is 9.30 Å². The minimum Gasteiger partial charge on any atom is -0.425 e. The van der Waals surface area contributed by atoms with Gasteiger partial charge in [0.05, 0.1) is 17.4 Å². The van der Waals surface area contributed by atoms with Crippen LogP contribution in [0.4, 0.5) is 0 Å². The monoisotopic (exact) mass is 266 g/mol. The summed E-state index contributed by atoms with van der Waals surface area (Å²) in [5, 5.41) is 0. The fraction of sp³-hybridized carbons (Fsp3) is 0.125. The fourth-order valence-corrected chi connectivity index (χ4v) is 2.09. The minimum atomic E-state index is -0.428. The number of carbonyl (C=O) groups excluding carboxylic acids is 1. The largest absolute Gasteiger partial charge is 0.425 e. The summed E-state index contributed by atoms with van der Waals surface area (Å²) in [5.74, 6) is 0.244. The zero-order valence-corrected chi connectivity index (χ0v) is 11.1. The Morgan fingerprint density at radius 1 is 1.10 bits per heavy atom. The Hall–Kier alpha value is -2.62. The number of nitrogens with zero attached hydrogens (tertiary/aromatic N) is 2. The number of rotatable bonds is 3. The van der Waals surface area contributed by atoms with Gasteiger partial charge in [-0.25, -0.2) is 9.78 Å². The predicted molar refractivity (Wildman–Crippen MR) is 76.5 cm³/mol. The molecule has 3 aromatic rings. The number of fused-ring (bicyclic) bond motifs is 1. The van der Waals surface area contributed by atoms with Crippen LogP contribution in [0.5, 0.6) is 5.75 Å². The van der Waals surface area contributed by atoms with Gasteiger partial charge in [0.25, 0.3) is 0 Å². The Labute approximate surface area is 116 Å². The van der Waals surface area contributed by atoms with Crippen LogP contribution in [-0.2, 0) is 4.79 Å². The lowest BCUT2D eigenvalue weighted by molar-refractivity contribution is -0.137. The van der Waals surface area contributed by atoms with E-state index in [0.717, 1.165) is 11.0 Å². The lowest BCUT2D eigenvalue weighted by Crippen LogP contribution is -2.21. The molecule has 2 aromatic carbocycles. The summed E-state index contributed by atoms with van der Waals surface area (Å²) >= 11 is 0. The Morgan fingerprint density at radius 2 is 1.80 bits per heavy atom. The third kappa shape index (κ3) is 2.28. The van der Waals surface area contributed by atoms with Crippen molar-refractivity contribution in [2.75, 3.05) is 0 Å². The molecule has 3 rings (SSSR count). The van der Waals surface area contributed by atoms with Crippen molar-refractivity contribution in [3.05, 3.63) is 60.9 Å². The van der Waals surface area contributed by atoms with E-state index in [1.165, 1.54) is 0 Å². The third-order valence-electron chi connectivity index (χ3n) is 3.20. The van der Waals surface area contributed by atoms with Gasteiger partial charge in [0.15, 0.2) is 0 Å². The molecule has 1 heterocycles. The van der Waals surface area contributed by atoms with Crippen LogP contribution in [0.25, 0.3) is 11.0 Å². The molecular weight excluding hydrogens is 252 g/mol. The van der Waals surface area contributed by atoms with Crippen molar-refractivity contribution in [2.45, 2.75) is 13.0 Å². The quantitative estimate of drug-likeness (QED) is 0.540. The summed E-state index contributed by atoms with van der Waals surface area (Å²) in [4.78, 5) is 16.5. The van der Waals surface area contributed by atoms with Gasteiger partial charge in [-0.1, -0.05) is 30.3 Å². The third-order valence-corrected chi connectivity index (χ3v) is 3.20. The van der Waals surface area contributed by atoms with E-state index in [1.54, 1.807) is 25.4 Å². The Bertz CT molecular complexity index is 734. The fourth-order valence-electron chi connectivity index (χ4n) is 2.09. The molecule has 0 N–H and O–H groups in total.